The maximum Gasteiger partial charge on any atom is 0.306 e. The number of aliphatic hydroxyl groups is 2. The van der Waals surface area contributed by atoms with Crippen molar-refractivity contribution in [1.29, 1.82) is 5.26 Å². The predicted octanol–water partition coefficient (Wildman–Crippen LogP) is 2.07. The molecule has 11 heteroatoms. The highest BCUT2D eigenvalue weighted by Gasteiger charge is 2.59. The van der Waals surface area contributed by atoms with Crippen LogP contribution in [0.4, 0.5) is 5.82 Å². The third-order valence-electron chi connectivity index (χ3n) is 6.91. The summed E-state index contributed by atoms with van der Waals surface area (Å²) in [5, 5.41) is 38.3. The molecule has 2 aromatic heterocycles. The molecule has 36 heavy (non-hydrogen) atoms. The molecule has 11 nitrogen and oxygen atoms in total. The number of fused-ring (bicyclic) bond motifs is 1. The zero-order valence-corrected chi connectivity index (χ0v) is 20.6. The molecule has 4 atom stereocenters. The van der Waals surface area contributed by atoms with Crippen molar-refractivity contribution in [2.45, 2.75) is 82.7 Å². The van der Waals surface area contributed by atoms with Gasteiger partial charge in [0, 0.05) is 12.8 Å². The third kappa shape index (κ3) is 5.07. The number of nitriles is 1. The predicted molar refractivity (Wildman–Crippen MR) is 127 cm³/mol. The van der Waals surface area contributed by atoms with Crippen LogP contribution in [0.3, 0.4) is 0 Å². The standard InChI is InChI=1S/C25H33N5O6/c1-15(2)10-20(32)29-24-17-8-9-19(30(17)28-14-27-24)25(13-26)23(34)22(18(12-31)36-25)35-21(33)11-16-6-4-3-5-7-16/h8-9,14-16,18,22-23,31,34H,3-7,10-12H2,1-2H3,(H,27,28,29,32)/t18-,22-,23-,25+/m1/s1. The molecule has 0 aromatic carbocycles. The lowest BCUT2D eigenvalue weighted by molar-refractivity contribution is -0.158. The van der Waals surface area contributed by atoms with Crippen LogP contribution < -0.4 is 5.32 Å². The van der Waals surface area contributed by atoms with Crippen molar-refractivity contribution >= 4 is 23.2 Å². The molecule has 0 unspecified atom stereocenters. The van der Waals surface area contributed by atoms with Gasteiger partial charge in [-0.3, -0.25) is 9.59 Å². The molecule has 0 spiro atoms. The van der Waals surface area contributed by atoms with Gasteiger partial charge in [-0.15, -0.1) is 0 Å². The number of carbonyl (C=O) groups excluding carboxylic acids is 2. The Morgan fingerprint density at radius 2 is 2.08 bits per heavy atom. The Bertz CT molecular complexity index is 1140. The van der Waals surface area contributed by atoms with Gasteiger partial charge in [-0.1, -0.05) is 33.1 Å². The van der Waals surface area contributed by atoms with Crippen LogP contribution >= 0.6 is 0 Å². The number of carbonyl (C=O) groups is 2. The van der Waals surface area contributed by atoms with E-state index in [9.17, 15) is 25.1 Å². The largest absolute Gasteiger partial charge is 0.457 e. The van der Waals surface area contributed by atoms with Gasteiger partial charge in [0.05, 0.1) is 12.3 Å². The van der Waals surface area contributed by atoms with E-state index >= 15 is 0 Å². The number of aromatic nitrogens is 3. The van der Waals surface area contributed by atoms with Crippen LogP contribution in [0.1, 0.15) is 64.5 Å². The van der Waals surface area contributed by atoms with E-state index in [0.29, 0.717) is 11.9 Å². The van der Waals surface area contributed by atoms with Crippen molar-refractivity contribution < 1.29 is 29.3 Å². The molecule has 1 aliphatic carbocycles. The van der Waals surface area contributed by atoms with Gasteiger partial charge in [0.2, 0.25) is 11.5 Å². The number of esters is 1. The van der Waals surface area contributed by atoms with Crippen molar-refractivity contribution in [2.75, 3.05) is 11.9 Å². The lowest BCUT2D eigenvalue weighted by Crippen LogP contribution is -2.43. The van der Waals surface area contributed by atoms with Crippen molar-refractivity contribution in [3.8, 4) is 6.07 Å². The average molecular weight is 500 g/mol. The Labute approximate surface area is 209 Å². The van der Waals surface area contributed by atoms with Gasteiger partial charge < -0.3 is 25.0 Å². The molecular weight excluding hydrogens is 466 g/mol. The summed E-state index contributed by atoms with van der Waals surface area (Å²) in [5.74, 6) is -0.0708. The Morgan fingerprint density at radius 3 is 2.75 bits per heavy atom. The number of ether oxygens (including phenoxy) is 2. The molecule has 1 saturated heterocycles. The fourth-order valence-corrected chi connectivity index (χ4v) is 5.15. The van der Waals surface area contributed by atoms with Gasteiger partial charge in [-0.25, -0.2) is 9.50 Å². The molecule has 0 radical (unpaired) electrons. The molecule has 1 amide bonds. The van der Waals surface area contributed by atoms with E-state index in [4.69, 9.17) is 9.47 Å². The highest BCUT2D eigenvalue weighted by molar-refractivity contribution is 5.93. The fourth-order valence-electron chi connectivity index (χ4n) is 5.15. The highest BCUT2D eigenvalue weighted by atomic mass is 16.6. The van der Waals surface area contributed by atoms with Gasteiger partial charge in [0.1, 0.15) is 30.1 Å². The Kier molecular flexibility index (Phi) is 7.88. The van der Waals surface area contributed by atoms with E-state index in [2.05, 4.69) is 15.4 Å². The van der Waals surface area contributed by atoms with E-state index in [1.165, 1.54) is 16.9 Å². The second kappa shape index (κ2) is 10.9. The molecule has 4 rings (SSSR count). The zero-order valence-electron chi connectivity index (χ0n) is 20.6. The molecule has 194 valence electrons. The van der Waals surface area contributed by atoms with E-state index in [0.717, 1.165) is 32.1 Å². The summed E-state index contributed by atoms with van der Waals surface area (Å²) in [6.07, 6.45) is 3.06. The van der Waals surface area contributed by atoms with Crippen molar-refractivity contribution in [3.63, 3.8) is 0 Å². The summed E-state index contributed by atoms with van der Waals surface area (Å²) < 4.78 is 12.8. The zero-order chi connectivity index (χ0) is 25.9. The maximum atomic E-state index is 12.7. The second-order valence-corrected chi connectivity index (χ2v) is 10.1. The maximum absolute atomic E-state index is 12.7. The first-order chi connectivity index (χ1) is 17.3. The fraction of sp³-hybridized carbons (Fsp3) is 0.640. The van der Waals surface area contributed by atoms with Crippen LogP contribution in [-0.2, 0) is 24.7 Å². The van der Waals surface area contributed by atoms with Gasteiger partial charge in [-0.05, 0) is 36.8 Å². The molecule has 2 fully saturated rings. The minimum Gasteiger partial charge on any atom is -0.457 e. The van der Waals surface area contributed by atoms with Crippen LogP contribution in [0.25, 0.3) is 5.52 Å². The normalized spacial score (nSPS) is 26.7. The molecule has 2 aliphatic rings. The SMILES string of the molecule is CC(C)CC(=O)Nc1ncnn2c([C@]3(C#N)O[C@H](CO)[C@@H](OC(=O)CC4CCCCC4)[C@H]3O)ccc12. The second-order valence-electron chi connectivity index (χ2n) is 10.1. The number of anilines is 1. The average Bonchev–Trinajstić information content (AvgIpc) is 3.40. The van der Waals surface area contributed by atoms with E-state index < -0.39 is 36.5 Å². The summed E-state index contributed by atoms with van der Waals surface area (Å²) in [6.45, 7) is 3.29. The lowest BCUT2D eigenvalue weighted by Gasteiger charge is -2.25. The number of amides is 1. The van der Waals surface area contributed by atoms with Gasteiger partial charge in [0.25, 0.3) is 0 Å². The minimum absolute atomic E-state index is 0.155. The van der Waals surface area contributed by atoms with Gasteiger partial charge in [-0.2, -0.15) is 10.4 Å². The van der Waals surface area contributed by atoms with Gasteiger partial charge in [0.15, 0.2) is 11.9 Å². The minimum atomic E-state index is -1.97. The molecule has 2 aromatic rings. The van der Waals surface area contributed by atoms with Crippen LogP contribution in [-0.4, -0.2) is 61.6 Å². The number of nitrogens with one attached hydrogen (secondary N) is 1. The first kappa shape index (κ1) is 26.0. The number of nitrogens with zero attached hydrogens (tertiary/aromatic N) is 4. The monoisotopic (exact) mass is 499 g/mol. The quantitative estimate of drug-likeness (QED) is 0.462. The Hall–Kier alpha value is -3.07. The summed E-state index contributed by atoms with van der Waals surface area (Å²) in [6, 6.07) is 5.15. The summed E-state index contributed by atoms with van der Waals surface area (Å²) in [4.78, 5) is 29.1. The smallest absolute Gasteiger partial charge is 0.306 e. The molecule has 3 heterocycles. The van der Waals surface area contributed by atoms with Crippen LogP contribution in [0.2, 0.25) is 0 Å². The van der Waals surface area contributed by atoms with Crippen molar-refractivity contribution in [2.24, 2.45) is 11.8 Å². The number of aliphatic hydroxyl groups excluding tert-OH is 2. The van der Waals surface area contributed by atoms with Gasteiger partial charge >= 0.3 is 5.97 Å². The highest BCUT2D eigenvalue weighted by Crippen LogP contribution is 2.42. The summed E-state index contributed by atoms with van der Waals surface area (Å²) in [7, 11) is 0. The Balaban J connectivity index is 1.59. The molecule has 1 aliphatic heterocycles. The molecule has 1 saturated carbocycles. The molecule has 0 bridgehead atoms. The molecular formula is C25H33N5O6. The van der Waals surface area contributed by atoms with E-state index in [1.54, 1.807) is 6.07 Å². The van der Waals surface area contributed by atoms with Crippen LogP contribution in [0.5, 0.6) is 0 Å². The van der Waals surface area contributed by atoms with E-state index in [-0.39, 0.29) is 35.7 Å². The lowest BCUT2D eigenvalue weighted by atomic mass is 9.87. The summed E-state index contributed by atoms with van der Waals surface area (Å²) >= 11 is 0. The van der Waals surface area contributed by atoms with E-state index in [1.807, 2.05) is 19.9 Å². The Morgan fingerprint density at radius 1 is 1.33 bits per heavy atom. The first-order valence-electron chi connectivity index (χ1n) is 12.5. The van der Waals surface area contributed by atoms with Crippen molar-refractivity contribution in [3.05, 3.63) is 24.2 Å². The van der Waals surface area contributed by atoms with Crippen molar-refractivity contribution in [1.82, 2.24) is 14.6 Å². The van der Waals surface area contributed by atoms with Crippen LogP contribution in [0.15, 0.2) is 18.5 Å². The number of hydrogen-bond acceptors (Lipinski definition) is 9. The number of rotatable bonds is 8. The first-order valence-corrected chi connectivity index (χ1v) is 12.5. The number of hydrogen-bond donors (Lipinski definition) is 3. The molecule has 3 N–H and O–H groups in total. The summed E-state index contributed by atoms with van der Waals surface area (Å²) in [5.41, 5.74) is -1.41. The van der Waals surface area contributed by atoms with Crippen LogP contribution in [0, 0.1) is 23.2 Å². The topological polar surface area (TPSA) is 159 Å². The third-order valence-corrected chi connectivity index (χ3v) is 6.91.